The van der Waals surface area contributed by atoms with Crippen LogP contribution in [0, 0.1) is 12.8 Å². The van der Waals surface area contributed by atoms with E-state index in [1.807, 2.05) is 6.07 Å². The van der Waals surface area contributed by atoms with E-state index in [1.54, 1.807) is 13.2 Å². The predicted molar refractivity (Wildman–Crippen MR) is 72.8 cm³/mol. The van der Waals surface area contributed by atoms with Crippen molar-refractivity contribution in [2.24, 2.45) is 5.92 Å². The van der Waals surface area contributed by atoms with E-state index in [0.29, 0.717) is 11.7 Å². The average Bonchev–Trinajstić information content (AvgIpc) is 2.80. The zero-order valence-electron chi connectivity index (χ0n) is 11.5. The van der Waals surface area contributed by atoms with Crippen molar-refractivity contribution in [3.8, 4) is 5.75 Å². The topological polar surface area (TPSA) is 32.7 Å². The van der Waals surface area contributed by atoms with Gasteiger partial charge in [0.25, 0.3) is 0 Å². The molecule has 0 radical (unpaired) electrons. The lowest BCUT2D eigenvalue weighted by Gasteiger charge is -2.25. The summed E-state index contributed by atoms with van der Waals surface area (Å²) < 4.78 is 5.23. The van der Waals surface area contributed by atoms with Crippen LogP contribution in [-0.2, 0) is 4.74 Å². The third-order valence-corrected chi connectivity index (χ3v) is 3.90. The Hall–Kier alpha value is -1.06. The maximum Gasteiger partial charge on any atom is 0.120 e. The number of phenols is 1. The summed E-state index contributed by atoms with van der Waals surface area (Å²) >= 11 is 0. The lowest BCUT2D eigenvalue weighted by atomic mass is 10.0. The van der Waals surface area contributed by atoms with E-state index in [0.717, 1.165) is 25.3 Å². The number of hydrogen-bond donors (Lipinski definition) is 1. The first kappa shape index (κ1) is 13.4. The summed E-state index contributed by atoms with van der Waals surface area (Å²) in [5, 5.41) is 9.98. The van der Waals surface area contributed by atoms with Gasteiger partial charge in [0.05, 0.1) is 6.61 Å². The van der Waals surface area contributed by atoms with Gasteiger partial charge in [-0.15, -0.1) is 0 Å². The molecule has 0 aromatic heterocycles. The number of phenolic OH excluding ortho intramolecular Hbond substituents is 1. The molecule has 3 nitrogen and oxygen atoms in total. The van der Waals surface area contributed by atoms with Gasteiger partial charge in [-0.1, -0.05) is 17.7 Å². The van der Waals surface area contributed by atoms with Crippen molar-refractivity contribution in [2.75, 3.05) is 26.8 Å². The van der Waals surface area contributed by atoms with Crippen molar-refractivity contribution in [3.63, 3.8) is 0 Å². The minimum Gasteiger partial charge on any atom is -0.508 e. The molecule has 0 spiro atoms. The molecule has 2 unspecified atom stereocenters. The van der Waals surface area contributed by atoms with E-state index >= 15 is 0 Å². The lowest BCUT2D eigenvalue weighted by molar-refractivity contribution is 0.148. The van der Waals surface area contributed by atoms with Crippen LogP contribution in [0.3, 0.4) is 0 Å². The van der Waals surface area contributed by atoms with Crippen LogP contribution < -0.4 is 0 Å². The highest BCUT2D eigenvalue weighted by molar-refractivity contribution is 5.37. The zero-order chi connectivity index (χ0) is 13.1. The van der Waals surface area contributed by atoms with Crippen LogP contribution in [0.15, 0.2) is 18.2 Å². The Morgan fingerprint density at radius 2 is 2.28 bits per heavy atom. The highest BCUT2D eigenvalue weighted by Crippen LogP contribution is 2.32. The van der Waals surface area contributed by atoms with Gasteiger partial charge in [-0.25, -0.2) is 0 Å². The normalized spacial score (nSPS) is 22.3. The van der Waals surface area contributed by atoms with Gasteiger partial charge in [0, 0.05) is 25.3 Å². The summed E-state index contributed by atoms with van der Waals surface area (Å²) in [5.74, 6) is 1.03. The largest absolute Gasteiger partial charge is 0.508 e. The maximum atomic E-state index is 9.98. The summed E-state index contributed by atoms with van der Waals surface area (Å²) in [7, 11) is 1.76. The molecule has 100 valence electrons. The Bertz CT molecular complexity index is 405. The summed E-state index contributed by atoms with van der Waals surface area (Å²) in [6.07, 6.45) is 1.19. The monoisotopic (exact) mass is 249 g/mol. The predicted octanol–water partition coefficient (Wildman–Crippen LogP) is 2.73. The van der Waals surface area contributed by atoms with Gasteiger partial charge in [0.15, 0.2) is 0 Å². The van der Waals surface area contributed by atoms with Crippen molar-refractivity contribution in [1.29, 1.82) is 0 Å². The molecule has 2 atom stereocenters. The van der Waals surface area contributed by atoms with Gasteiger partial charge in [0.2, 0.25) is 0 Å². The average molecular weight is 249 g/mol. The van der Waals surface area contributed by atoms with Crippen LogP contribution in [0.5, 0.6) is 5.75 Å². The summed E-state index contributed by atoms with van der Waals surface area (Å²) in [6, 6.07) is 6.10. The Morgan fingerprint density at radius 1 is 1.50 bits per heavy atom. The Labute approximate surface area is 109 Å². The molecule has 18 heavy (non-hydrogen) atoms. The minimum atomic E-state index is 0.270. The molecule has 1 aromatic rings. The van der Waals surface area contributed by atoms with E-state index in [9.17, 15) is 5.11 Å². The quantitative estimate of drug-likeness (QED) is 0.890. The first-order valence-electron chi connectivity index (χ1n) is 6.64. The molecule has 2 rings (SSSR count). The van der Waals surface area contributed by atoms with Crippen molar-refractivity contribution in [1.82, 2.24) is 4.90 Å². The SMILES string of the molecule is COCC1CCN(C(C)c2cc(C)ccc2O)C1. The molecule has 0 amide bonds. The van der Waals surface area contributed by atoms with E-state index < -0.39 is 0 Å². The van der Waals surface area contributed by atoms with Gasteiger partial charge in [0.1, 0.15) is 5.75 Å². The summed E-state index contributed by atoms with van der Waals surface area (Å²) in [4.78, 5) is 2.43. The lowest BCUT2D eigenvalue weighted by Crippen LogP contribution is -2.25. The minimum absolute atomic E-state index is 0.270. The molecule has 3 heteroatoms. The number of aromatic hydroxyl groups is 1. The molecular formula is C15H23NO2. The first-order chi connectivity index (χ1) is 8.61. The van der Waals surface area contributed by atoms with E-state index in [2.05, 4.69) is 24.8 Å². The Morgan fingerprint density at radius 3 is 3.00 bits per heavy atom. The number of aryl methyl sites for hydroxylation is 1. The van der Waals surface area contributed by atoms with Crippen LogP contribution in [0.2, 0.25) is 0 Å². The van der Waals surface area contributed by atoms with Crippen molar-refractivity contribution >= 4 is 0 Å². The molecule has 1 saturated heterocycles. The number of benzene rings is 1. The van der Waals surface area contributed by atoms with Crippen molar-refractivity contribution in [2.45, 2.75) is 26.3 Å². The van der Waals surface area contributed by atoms with E-state index in [-0.39, 0.29) is 6.04 Å². The molecule has 1 aromatic carbocycles. The van der Waals surface area contributed by atoms with Crippen LogP contribution in [-0.4, -0.2) is 36.8 Å². The standard InChI is InChI=1S/C15H23NO2/c1-11-4-5-15(17)14(8-11)12(2)16-7-6-13(9-16)10-18-3/h4-5,8,12-13,17H,6-7,9-10H2,1-3H3. The second-order valence-corrected chi connectivity index (χ2v) is 5.34. The number of nitrogens with zero attached hydrogens (tertiary/aromatic N) is 1. The van der Waals surface area contributed by atoms with Gasteiger partial charge in [-0.2, -0.15) is 0 Å². The van der Waals surface area contributed by atoms with Gasteiger partial charge in [-0.05, 0) is 38.8 Å². The third-order valence-electron chi connectivity index (χ3n) is 3.90. The number of methoxy groups -OCH3 is 1. The van der Waals surface area contributed by atoms with Crippen LogP contribution in [0.4, 0.5) is 0 Å². The fourth-order valence-electron chi connectivity index (χ4n) is 2.79. The second-order valence-electron chi connectivity index (χ2n) is 5.34. The maximum absolute atomic E-state index is 9.98. The van der Waals surface area contributed by atoms with Crippen LogP contribution >= 0.6 is 0 Å². The molecule has 0 saturated carbocycles. The number of rotatable bonds is 4. The van der Waals surface area contributed by atoms with Gasteiger partial charge in [-0.3, -0.25) is 4.90 Å². The molecule has 1 aliphatic rings. The van der Waals surface area contributed by atoms with E-state index in [4.69, 9.17) is 4.74 Å². The Kier molecular flexibility index (Phi) is 4.25. The smallest absolute Gasteiger partial charge is 0.120 e. The molecular weight excluding hydrogens is 226 g/mol. The fraction of sp³-hybridized carbons (Fsp3) is 0.600. The third kappa shape index (κ3) is 2.85. The molecule has 1 fully saturated rings. The summed E-state index contributed by atoms with van der Waals surface area (Å²) in [6.45, 7) is 7.21. The van der Waals surface area contributed by atoms with Gasteiger partial charge >= 0.3 is 0 Å². The molecule has 1 aliphatic heterocycles. The van der Waals surface area contributed by atoms with Crippen LogP contribution in [0.1, 0.15) is 30.5 Å². The number of hydrogen-bond acceptors (Lipinski definition) is 3. The molecule has 1 N–H and O–H groups in total. The summed E-state index contributed by atoms with van der Waals surface area (Å²) in [5.41, 5.74) is 2.23. The van der Waals surface area contributed by atoms with E-state index in [1.165, 1.54) is 12.0 Å². The fourth-order valence-corrected chi connectivity index (χ4v) is 2.79. The second kappa shape index (κ2) is 5.72. The van der Waals surface area contributed by atoms with Crippen molar-refractivity contribution in [3.05, 3.63) is 29.3 Å². The Balaban J connectivity index is 2.07. The highest BCUT2D eigenvalue weighted by Gasteiger charge is 2.27. The first-order valence-corrected chi connectivity index (χ1v) is 6.64. The number of ether oxygens (including phenoxy) is 1. The van der Waals surface area contributed by atoms with Gasteiger partial charge < -0.3 is 9.84 Å². The highest BCUT2D eigenvalue weighted by atomic mass is 16.5. The molecule has 0 bridgehead atoms. The molecule has 1 heterocycles. The molecule has 0 aliphatic carbocycles. The zero-order valence-corrected chi connectivity index (χ0v) is 11.5. The van der Waals surface area contributed by atoms with Crippen molar-refractivity contribution < 1.29 is 9.84 Å². The van der Waals surface area contributed by atoms with Crippen LogP contribution in [0.25, 0.3) is 0 Å². The number of likely N-dealkylation sites (tertiary alicyclic amines) is 1.